The van der Waals surface area contributed by atoms with Crippen LogP contribution in [0, 0.1) is 5.92 Å². The van der Waals surface area contributed by atoms with Crippen molar-refractivity contribution in [1.29, 1.82) is 0 Å². The Morgan fingerprint density at radius 1 is 1.28 bits per heavy atom. The summed E-state index contributed by atoms with van der Waals surface area (Å²) in [4.78, 5) is 4.29. The van der Waals surface area contributed by atoms with Gasteiger partial charge < -0.3 is 10.6 Å². The van der Waals surface area contributed by atoms with Crippen LogP contribution in [-0.4, -0.2) is 37.6 Å². The first-order chi connectivity index (χ1) is 8.26. The highest BCUT2D eigenvalue weighted by atomic mass is 127. The van der Waals surface area contributed by atoms with Gasteiger partial charge in [0.25, 0.3) is 0 Å². The second-order valence-electron chi connectivity index (χ2n) is 4.95. The highest BCUT2D eigenvalue weighted by molar-refractivity contribution is 14.0. The lowest BCUT2D eigenvalue weighted by Crippen LogP contribution is -2.45. The van der Waals surface area contributed by atoms with Crippen molar-refractivity contribution in [3.8, 4) is 0 Å². The Kier molecular flexibility index (Phi) is 11.4. The summed E-state index contributed by atoms with van der Waals surface area (Å²) in [7, 11) is 1.86. The first-order valence-corrected chi connectivity index (χ1v) is 8.11. The second-order valence-corrected chi connectivity index (χ2v) is 5.93. The molecule has 1 aliphatic rings. The lowest BCUT2D eigenvalue weighted by molar-refractivity contribution is 0.329. The normalized spacial score (nSPS) is 24.3. The van der Waals surface area contributed by atoms with Gasteiger partial charge in [-0.15, -0.1) is 24.0 Å². The third-order valence-corrected chi connectivity index (χ3v) is 4.09. The Hall–Kier alpha value is 0.350. The van der Waals surface area contributed by atoms with E-state index in [9.17, 15) is 0 Å². The summed E-state index contributed by atoms with van der Waals surface area (Å²) in [6.07, 6.45) is 8.61. The van der Waals surface area contributed by atoms with Gasteiger partial charge in [-0.2, -0.15) is 11.8 Å². The maximum Gasteiger partial charge on any atom is 0.191 e. The molecule has 0 aromatic carbocycles. The average molecular weight is 385 g/mol. The molecule has 2 N–H and O–H groups in total. The van der Waals surface area contributed by atoms with E-state index in [1.165, 1.54) is 37.9 Å². The number of guanidine groups is 1. The molecule has 1 aliphatic carbocycles. The van der Waals surface area contributed by atoms with Crippen LogP contribution in [0.25, 0.3) is 0 Å². The third-order valence-electron chi connectivity index (χ3n) is 3.40. The number of hydrogen-bond donors (Lipinski definition) is 2. The number of aliphatic imine (C=N–C) groups is 1. The average Bonchev–Trinajstić information content (AvgIpc) is 2.35. The highest BCUT2D eigenvalue weighted by Gasteiger charge is 2.18. The van der Waals surface area contributed by atoms with Crippen LogP contribution in [0.1, 0.15) is 39.0 Å². The highest BCUT2D eigenvalue weighted by Crippen LogP contribution is 2.23. The van der Waals surface area contributed by atoms with Crippen molar-refractivity contribution in [2.24, 2.45) is 10.9 Å². The molecule has 18 heavy (non-hydrogen) atoms. The molecular weight excluding hydrogens is 357 g/mol. The predicted octanol–water partition coefficient (Wildman–Crippen LogP) is 3.10. The van der Waals surface area contributed by atoms with Crippen molar-refractivity contribution in [1.82, 2.24) is 10.6 Å². The zero-order chi connectivity index (χ0) is 12.5. The molecule has 0 aliphatic heterocycles. The van der Waals surface area contributed by atoms with E-state index in [1.807, 2.05) is 18.8 Å². The Labute approximate surface area is 133 Å². The largest absolute Gasteiger partial charge is 0.356 e. The number of nitrogens with one attached hydrogen (secondary N) is 2. The zero-order valence-electron chi connectivity index (χ0n) is 11.9. The van der Waals surface area contributed by atoms with Gasteiger partial charge in [0, 0.05) is 19.6 Å². The van der Waals surface area contributed by atoms with E-state index in [2.05, 4.69) is 28.8 Å². The van der Waals surface area contributed by atoms with Crippen LogP contribution < -0.4 is 10.6 Å². The van der Waals surface area contributed by atoms with Gasteiger partial charge in [-0.3, -0.25) is 4.99 Å². The molecule has 1 fully saturated rings. The molecule has 0 radical (unpaired) electrons. The van der Waals surface area contributed by atoms with E-state index in [-0.39, 0.29) is 24.0 Å². The number of rotatable bonds is 5. The number of nitrogens with zero attached hydrogens (tertiary/aromatic N) is 1. The molecule has 0 saturated heterocycles. The van der Waals surface area contributed by atoms with E-state index >= 15 is 0 Å². The van der Waals surface area contributed by atoms with Gasteiger partial charge in [-0.25, -0.2) is 0 Å². The Morgan fingerprint density at radius 2 is 1.94 bits per heavy atom. The maximum absolute atomic E-state index is 4.29. The fraction of sp³-hybridized carbons (Fsp3) is 0.923. The van der Waals surface area contributed by atoms with Gasteiger partial charge in [0.15, 0.2) is 5.96 Å². The van der Waals surface area contributed by atoms with Crippen molar-refractivity contribution in [2.45, 2.75) is 45.1 Å². The van der Waals surface area contributed by atoms with E-state index in [0.29, 0.717) is 6.04 Å². The minimum Gasteiger partial charge on any atom is -0.356 e. The van der Waals surface area contributed by atoms with Gasteiger partial charge in [0.2, 0.25) is 0 Å². The van der Waals surface area contributed by atoms with Crippen LogP contribution in [0.2, 0.25) is 0 Å². The molecule has 0 aromatic heterocycles. The first-order valence-electron chi connectivity index (χ1n) is 6.72. The maximum atomic E-state index is 4.29. The van der Waals surface area contributed by atoms with Crippen molar-refractivity contribution < 1.29 is 0 Å². The molecule has 0 atom stereocenters. The summed E-state index contributed by atoms with van der Waals surface area (Å²) in [6, 6.07) is 0.623. The zero-order valence-corrected chi connectivity index (χ0v) is 15.0. The molecule has 1 rings (SSSR count). The molecule has 0 amide bonds. The van der Waals surface area contributed by atoms with Crippen LogP contribution in [0.15, 0.2) is 4.99 Å². The lowest BCUT2D eigenvalue weighted by Gasteiger charge is -2.28. The molecular formula is C13H28IN3S. The summed E-state index contributed by atoms with van der Waals surface area (Å²) < 4.78 is 0. The number of halogens is 1. The molecule has 3 nitrogen and oxygen atoms in total. The smallest absolute Gasteiger partial charge is 0.191 e. The standard InChI is InChI=1S/C13H27N3S.HI/c1-11-5-7-12(8-6-11)16-13(14-2)15-9-4-10-17-3;/h11-12H,4-10H2,1-3H3,(H2,14,15,16);1H. The molecule has 5 heteroatoms. The van der Waals surface area contributed by atoms with Crippen molar-refractivity contribution in [3.63, 3.8) is 0 Å². The molecule has 1 saturated carbocycles. The summed E-state index contributed by atoms with van der Waals surface area (Å²) in [5.74, 6) is 3.10. The SMILES string of the molecule is CN=C(NCCCSC)NC1CCC(C)CC1.I. The summed E-state index contributed by atoms with van der Waals surface area (Å²) in [5.41, 5.74) is 0. The molecule has 0 aromatic rings. The fourth-order valence-corrected chi connectivity index (χ4v) is 2.65. The van der Waals surface area contributed by atoms with Crippen LogP contribution in [0.3, 0.4) is 0 Å². The van der Waals surface area contributed by atoms with Crippen LogP contribution in [0.4, 0.5) is 0 Å². The molecule has 0 spiro atoms. The fourth-order valence-electron chi connectivity index (χ4n) is 2.22. The summed E-state index contributed by atoms with van der Waals surface area (Å²) >= 11 is 1.90. The molecule has 0 bridgehead atoms. The monoisotopic (exact) mass is 385 g/mol. The third kappa shape index (κ3) is 7.71. The van der Waals surface area contributed by atoms with Crippen LogP contribution in [0.5, 0.6) is 0 Å². The van der Waals surface area contributed by atoms with E-state index < -0.39 is 0 Å². The lowest BCUT2D eigenvalue weighted by atomic mass is 9.87. The second kappa shape index (κ2) is 11.2. The van der Waals surface area contributed by atoms with Gasteiger partial charge >= 0.3 is 0 Å². The minimum atomic E-state index is 0. The molecule has 0 unspecified atom stereocenters. The van der Waals surface area contributed by atoms with Crippen molar-refractivity contribution >= 4 is 41.7 Å². The van der Waals surface area contributed by atoms with Gasteiger partial charge in [-0.05, 0) is 50.0 Å². The van der Waals surface area contributed by atoms with Gasteiger partial charge in [0.05, 0.1) is 0 Å². The van der Waals surface area contributed by atoms with E-state index in [4.69, 9.17) is 0 Å². The summed E-state index contributed by atoms with van der Waals surface area (Å²) in [5, 5.41) is 6.92. The van der Waals surface area contributed by atoms with Crippen LogP contribution >= 0.6 is 35.7 Å². The minimum absolute atomic E-state index is 0. The Morgan fingerprint density at radius 3 is 2.50 bits per heavy atom. The molecule has 108 valence electrons. The number of thioether (sulfide) groups is 1. The van der Waals surface area contributed by atoms with Gasteiger partial charge in [-0.1, -0.05) is 6.92 Å². The van der Waals surface area contributed by atoms with E-state index in [0.717, 1.165) is 18.4 Å². The van der Waals surface area contributed by atoms with Crippen molar-refractivity contribution in [3.05, 3.63) is 0 Å². The van der Waals surface area contributed by atoms with E-state index in [1.54, 1.807) is 0 Å². The summed E-state index contributed by atoms with van der Waals surface area (Å²) in [6.45, 7) is 3.37. The Balaban J connectivity index is 0.00000289. The number of hydrogen-bond acceptors (Lipinski definition) is 2. The first kappa shape index (κ1) is 18.4. The topological polar surface area (TPSA) is 36.4 Å². The van der Waals surface area contributed by atoms with Crippen LogP contribution in [-0.2, 0) is 0 Å². The van der Waals surface area contributed by atoms with Gasteiger partial charge in [0.1, 0.15) is 0 Å². The van der Waals surface area contributed by atoms with Crippen molar-refractivity contribution in [2.75, 3.05) is 25.6 Å². The quantitative estimate of drug-likeness (QED) is 0.331. The Bertz CT molecular complexity index is 228. The predicted molar refractivity (Wildman–Crippen MR) is 94.3 cm³/mol. The molecule has 0 heterocycles.